The zero-order valence-electron chi connectivity index (χ0n) is 10.7. The lowest BCUT2D eigenvalue weighted by molar-refractivity contribution is 0.362. The number of hydrogen-bond donors (Lipinski definition) is 1. The summed E-state index contributed by atoms with van der Waals surface area (Å²) in [7, 11) is 0. The summed E-state index contributed by atoms with van der Waals surface area (Å²) in [6, 6.07) is 0. The molecule has 2 aliphatic heterocycles. The molecule has 0 amide bonds. The third-order valence-electron chi connectivity index (χ3n) is 2.58. The lowest BCUT2D eigenvalue weighted by atomic mass is 10.4. The van der Waals surface area contributed by atoms with Crippen molar-refractivity contribution in [2.24, 2.45) is 0 Å². The normalized spacial score (nSPS) is 24.7. The van der Waals surface area contributed by atoms with Gasteiger partial charge < -0.3 is 10.2 Å². The first-order chi connectivity index (χ1) is 7.84. The summed E-state index contributed by atoms with van der Waals surface area (Å²) in [6.45, 7) is 10.1. The minimum absolute atomic E-state index is 0.573. The maximum atomic E-state index is 3.31. The molecule has 2 aliphatic rings. The lowest BCUT2D eigenvalue weighted by Crippen LogP contribution is -2.21. The molecule has 0 saturated carbocycles. The van der Waals surface area contributed by atoms with Gasteiger partial charge in [-0.2, -0.15) is 0 Å². The number of rotatable bonds is 4. The van der Waals surface area contributed by atoms with Gasteiger partial charge in [0.1, 0.15) is 0 Å². The third-order valence-corrected chi connectivity index (χ3v) is 4.85. The Balaban J connectivity index is 0.000000606. The largest absolute Gasteiger partial charge is 0.378 e. The average Bonchev–Trinajstić information content (AvgIpc) is 2.93. The van der Waals surface area contributed by atoms with Crippen molar-refractivity contribution in [3.05, 3.63) is 10.4 Å². The van der Waals surface area contributed by atoms with E-state index in [1.807, 2.05) is 37.4 Å². The van der Waals surface area contributed by atoms with Crippen LogP contribution in [0.4, 0.5) is 0 Å². The van der Waals surface area contributed by atoms with E-state index >= 15 is 0 Å². The van der Waals surface area contributed by atoms with E-state index in [4.69, 9.17) is 0 Å². The maximum Gasteiger partial charge on any atom is 0.0741 e. The minimum atomic E-state index is 0.573. The summed E-state index contributed by atoms with van der Waals surface area (Å²) in [5, 5.41) is 3.89. The summed E-state index contributed by atoms with van der Waals surface area (Å²) in [5.41, 5.74) is 0. The van der Waals surface area contributed by atoms with Crippen LogP contribution in [0, 0.1) is 0 Å². The van der Waals surface area contributed by atoms with Crippen LogP contribution in [-0.2, 0) is 0 Å². The van der Waals surface area contributed by atoms with Gasteiger partial charge in [0.15, 0.2) is 0 Å². The standard InChI is InChI=1S/C10H18N2S2.C2H6/c1-9-11-8-10(14-9)13-7-6-12-4-2-3-5-12;1-2/h8-9,11H,2-7H2,1H3;1-2H3. The van der Waals surface area contributed by atoms with Crippen LogP contribution >= 0.6 is 23.5 Å². The Morgan fingerprint density at radius 1 is 1.44 bits per heavy atom. The molecule has 0 aromatic carbocycles. The monoisotopic (exact) mass is 260 g/mol. The van der Waals surface area contributed by atoms with Crippen molar-refractivity contribution < 1.29 is 0 Å². The van der Waals surface area contributed by atoms with Crippen LogP contribution in [0.1, 0.15) is 33.6 Å². The molecule has 94 valence electrons. The van der Waals surface area contributed by atoms with Gasteiger partial charge in [0, 0.05) is 18.5 Å². The predicted octanol–water partition coefficient (Wildman–Crippen LogP) is 3.32. The van der Waals surface area contributed by atoms with E-state index in [0.717, 1.165) is 0 Å². The highest BCUT2D eigenvalue weighted by molar-refractivity contribution is 8.22. The molecule has 2 rings (SSSR count). The van der Waals surface area contributed by atoms with Crippen molar-refractivity contribution in [2.75, 3.05) is 25.4 Å². The van der Waals surface area contributed by atoms with Crippen LogP contribution in [0.2, 0.25) is 0 Å². The SMILES string of the molecule is CC.CC1NC=C(SCCN2CCCC2)S1. The highest BCUT2D eigenvalue weighted by atomic mass is 32.2. The summed E-state index contributed by atoms with van der Waals surface area (Å²) >= 11 is 3.94. The highest BCUT2D eigenvalue weighted by Crippen LogP contribution is 2.34. The molecule has 0 aromatic heterocycles. The minimum Gasteiger partial charge on any atom is -0.378 e. The molecule has 2 nitrogen and oxygen atoms in total. The molecule has 16 heavy (non-hydrogen) atoms. The van der Waals surface area contributed by atoms with Crippen molar-refractivity contribution >= 4 is 23.5 Å². The van der Waals surface area contributed by atoms with Crippen LogP contribution in [-0.4, -0.2) is 35.7 Å². The molecule has 1 unspecified atom stereocenters. The van der Waals surface area contributed by atoms with Gasteiger partial charge in [-0.3, -0.25) is 0 Å². The summed E-state index contributed by atoms with van der Waals surface area (Å²) in [5.74, 6) is 1.24. The van der Waals surface area contributed by atoms with Gasteiger partial charge in [0.05, 0.1) is 9.61 Å². The Bertz CT molecular complexity index is 213. The fraction of sp³-hybridized carbons (Fsp3) is 0.833. The molecule has 0 aliphatic carbocycles. The topological polar surface area (TPSA) is 15.3 Å². The Morgan fingerprint density at radius 2 is 2.12 bits per heavy atom. The van der Waals surface area contributed by atoms with Crippen molar-refractivity contribution in [2.45, 2.75) is 39.0 Å². The van der Waals surface area contributed by atoms with Crippen LogP contribution in [0.3, 0.4) is 0 Å². The molecule has 1 saturated heterocycles. The molecule has 1 fully saturated rings. The maximum absolute atomic E-state index is 3.31. The van der Waals surface area contributed by atoms with E-state index in [0.29, 0.717) is 5.37 Å². The first kappa shape index (κ1) is 14.3. The molecule has 0 aromatic rings. The molecule has 1 atom stereocenters. The molecule has 4 heteroatoms. The van der Waals surface area contributed by atoms with Crippen molar-refractivity contribution in [1.82, 2.24) is 10.2 Å². The molecular formula is C12H24N2S2. The van der Waals surface area contributed by atoms with E-state index in [2.05, 4.69) is 23.3 Å². The van der Waals surface area contributed by atoms with E-state index in [1.54, 1.807) is 0 Å². The molecule has 0 radical (unpaired) electrons. The van der Waals surface area contributed by atoms with Crippen LogP contribution in [0.25, 0.3) is 0 Å². The van der Waals surface area contributed by atoms with E-state index < -0.39 is 0 Å². The Labute approximate surface area is 109 Å². The van der Waals surface area contributed by atoms with E-state index in [9.17, 15) is 0 Å². The Hall–Kier alpha value is 0.200. The van der Waals surface area contributed by atoms with Gasteiger partial charge in [0.25, 0.3) is 0 Å². The van der Waals surface area contributed by atoms with Gasteiger partial charge in [-0.05, 0) is 32.9 Å². The summed E-state index contributed by atoms with van der Waals surface area (Å²) in [4.78, 5) is 2.57. The number of thioether (sulfide) groups is 2. The molecule has 2 heterocycles. The highest BCUT2D eigenvalue weighted by Gasteiger charge is 2.14. The van der Waals surface area contributed by atoms with Gasteiger partial charge in [-0.1, -0.05) is 25.6 Å². The smallest absolute Gasteiger partial charge is 0.0741 e. The van der Waals surface area contributed by atoms with Crippen molar-refractivity contribution in [1.29, 1.82) is 0 Å². The predicted molar refractivity (Wildman–Crippen MR) is 77.8 cm³/mol. The Morgan fingerprint density at radius 3 is 2.69 bits per heavy atom. The summed E-state index contributed by atoms with van der Waals surface area (Å²) < 4.78 is 1.46. The van der Waals surface area contributed by atoms with Crippen molar-refractivity contribution in [3.63, 3.8) is 0 Å². The van der Waals surface area contributed by atoms with Crippen molar-refractivity contribution in [3.8, 4) is 0 Å². The van der Waals surface area contributed by atoms with Crippen LogP contribution < -0.4 is 5.32 Å². The molecule has 1 N–H and O–H groups in total. The van der Waals surface area contributed by atoms with E-state index in [1.165, 1.54) is 42.5 Å². The number of nitrogens with one attached hydrogen (secondary N) is 1. The Kier molecular flexibility index (Phi) is 7.41. The van der Waals surface area contributed by atoms with E-state index in [-0.39, 0.29) is 0 Å². The first-order valence-corrected chi connectivity index (χ1v) is 8.19. The number of nitrogens with zero attached hydrogens (tertiary/aromatic N) is 1. The molecular weight excluding hydrogens is 236 g/mol. The quantitative estimate of drug-likeness (QED) is 0.833. The van der Waals surface area contributed by atoms with Crippen LogP contribution in [0.15, 0.2) is 10.4 Å². The average molecular weight is 260 g/mol. The number of likely N-dealkylation sites (tertiary alicyclic amines) is 1. The van der Waals surface area contributed by atoms with Crippen LogP contribution in [0.5, 0.6) is 0 Å². The number of hydrogen-bond acceptors (Lipinski definition) is 4. The second-order valence-electron chi connectivity index (χ2n) is 3.79. The summed E-state index contributed by atoms with van der Waals surface area (Å²) in [6.07, 6.45) is 4.96. The molecule has 0 bridgehead atoms. The second kappa shape index (κ2) is 8.31. The van der Waals surface area contributed by atoms with Gasteiger partial charge in [-0.15, -0.1) is 11.8 Å². The fourth-order valence-electron chi connectivity index (χ4n) is 1.78. The van der Waals surface area contributed by atoms with Gasteiger partial charge in [0.2, 0.25) is 0 Å². The fourth-order valence-corrected chi connectivity index (χ4v) is 4.06. The molecule has 0 spiro atoms. The van der Waals surface area contributed by atoms with Gasteiger partial charge >= 0.3 is 0 Å². The zero-order valence-corrected chi connectivity index (χ0v) is 12.3. The van der Waals surface area contributed by atoms with Gasteiger partial charge in [-0.25, -0.2) is 0 Å². The first-order valence-electron chi connectivity index (χ1n) is 6.32. The zero-order chi connectivity index (χ0) is 11.8. The lowest BCUT2D eigenvalue weighted by Gasteiger charge is -2.13. The second-order valence-corrected chi connectivity index (χ2v) is 6.57. The third kappa shape index (κ3) is 5.02.